The molecule has 4 nitrogen and oxygen atoms in total. The van der Waals surface area contributed by atoms with Crippen molar-refractivity contribution in [3.05, 3.63) is 34.3 Å². The van der Waals surface area contributed by atoms with Crippen LogP contribution in [0, 0.1) is 5.92 Å². The summed E-state index contributed by atoms with van der Waals surface area (Å²) >= 11 is 6.22. The van der Waals surface area contributed by atoms with Crippen molar-refractivity contribution in [2.45, 2.75) is 37.8 Å². The van der Waals surface area contributed by atoms with Crippen LogP contribution in [0.2, 0.25) is 5.02 Å². The largest absolute Gasteiger partial charge is 0.296 e. The second kappa shape index (κ2) is 6.76. The van der Waals surface area contributed by atoms with Gasteiger partial charge in [0, 0.05) is 36.7 Å². The smallest absolute Gasteiger partial charge is 0.211 e. The van der Waals surface area contributed by atoms with Crippen LogP contribution in [0.25, 0.3) is 0 Å². The van der Waals surface area contributed by atoms with Gasteiger partial charge in [0.05, 0.1) is 6.26 Å². The minimum absolute atomic E-state index is 0. The summed E-state index contributed by atoms with van der Waals surface area (Å²) in [6.45, 7) is 2.75. The van der Waals surface area contributed by atoms with Crippen LogP contribution < -0.4 is 0 Å². The lowest BCUT2D eigenvalue weighted by Crippen LogP contribution is -2.57. The molecule has 2 saturated heterocycles. The number of fused-ring (bicyclic) bond motifs is 4. The molecule has 1 aromatic rings. The molecule has 0 N–H and O–H groups in total. The molecule has 1 aromatic carbocycles. The Bertz CT molecular complexity index is 725. The number of rotatable bonds is 1. The minimum atomic E-state index is -3.13. The van der Waals surface area contributed by atoms with Gasteiger partial charge >= 0.3 is 0 Å². The van der Waals surface area contributed by atoms with Crippen molar-refractivity contribution < 1.29 is 8.42 Å². The fourth-order valence-corrected chi connectivity index (χ4v) is 6.17. The Labute approximate surface area is 155 Å². The van der Waals surface area contributed by atoms with Gasteiger partial charge in [0.25, 0.3) is 0 Å². The van der Waals surface area contributed by atoms with E-state index in [4.69, 9.17) is 11.6 Å². The van der Waals surface area contributed by atoms with Crippen LogP contribution in [-0.4, -0.2) is 49.6 Å². The summed E-state index contributed by atoms with van der Waals surface area (Å²) in [6, 6.07) is 6.63. The molecule has 3 heterocycles. The summed E-state index contributed by atoms with van der Waals surface area (Å²) in [5, 5.41) is 0.774. The van der Waals surface area contributed by atoms with Gasteiger partial charge in [0.2, 0.25) is 10.0 Å². The van der Waals surface area contributed by atoms with Crippen molar-refractivity contribution in [3.8, 4) is 0 Å². The molecule has 0 bridgehead atoms. The fourth-order valence-electron chi connectivity index (χ4n) is 4.78. The van der Waals surface area contributed by atoms with Gasteiger partial charge in [-0.05, 0) is 54.9 Å². The molecular weight excluding hydrogens is 367 g/mol. The molecule has 2 fully saturated rings. The number of benzene rings is 1. The molecule has 4 rings (SSSR count). The number of hydrogen-bond donors (Lipinski definition) is 0. The van der Waals surface area contributed by atoms with Crippen molar-refractivity contribution in [2.75, 3.05) is 25.9 Å². The van der Waals surface area contributed by atoms with Crippen LogP contribution in [-0.2, 0) is 16.4 Å². The van der Waals surface area contributed by atoms with Crippen LogP contribution in [0.4, 0.5) is 0 Å². The molecule has 0 amide bonds. The summed E-state index contributed by atoms with van der Waals surface area (Å²) < 4.78 is 26.1. The third-order valence-corrected chi connectivity index (χ3v) is 7.34. The molecular formula is C17H24Cl2N2O2S. The first-order valence-electron chi connectivity index (χ1n) is 8.42. The standard InChI is InChI=1S/C17H23ClN2O2S.ClH/c1-23(21,22)20-7-2-3-13-11-19-8-6-12-4-5-14(18)9-15(12)17(19)10-16(13)20;/h4-5,9,13,16-17H,2-3,6-8,10-11H2,1H3;1H/t13-,16+,17-;/m1./s1. The van der Waals surface area contributed by atoms with E-state index in [1.807, 2.05) is 6.07 Å². The fraction of sp³-hybridized carbons (Fsp3) is 0.647. The van der Waals surface area contributed by atoms with E-state index in [9.17, 15) is 8.42 Å². The summed E-state index contributed by atoms with van der Waals surface area (Å²) in [7, 11) is -3.13. The lowest BCUT2D eigenvalue weighted by atomic mass is 9.77. The van der Waals surface area contributed by atoms with Crippen molar-refractivity contribution >= 4 is 34.0 Å². The summed E-state index contributed by atoms with van der Waals surface area (Å²) in [5.41, 5.74) is 2.68. The van der Waals surface area contributed by atoms with Crippen molar-refractivity contribution in [3.63, 3.8) is 0 Å². The zero-order chi connectivity index (χ0) is 16.2. The molecule has 24 heavy (non-hydrogen) atoms. The van der Waals surface area contributed by atoms with Crippen molar-refractivity contribution in [1.29, 1.82) is 0 Å². The first kappa shape index (κ1) is 18.5. The Balaban J connectivity index is 0.00000169. The number of halogens is 2. The first-order chi connectivity index (χ1) is 10.9. The van der Waals surface area contributed by atoms with Gasteiger partial charge in [-0.2, -0.15) is 4.31 Å². The Morgan fingerprint density at radius 3 is 2.79 bits per heavy atom. The maximum atomic E-state index is 12.2. The molecule has 7 heteroatoms. The van der Waals surface area contributed by atoms with Gasteiger partial charge in [-0.3, -0.25) is 4.90 Å². The van der Waals surface area contributed by atoms with E-state index in [2.05, 4.69) is 17.0 Å². The topological polar surface area (TPSA) is 40.6 Å². The number of nitrogens with zero attached hydrogens (tertiary/aromatic N) is 2. The molecule has 0 spiro atoms. The average molecular weight is 391 g/mol. The number of piperidine rings is 2. The second-order valence-corrected chi connectivity index (χ2v) is 9.55. The minimum Gasteiger partial charge on any atom is -0.296 e. The van der Waals surface area contributed by atoms with E-state index < -0.39 is 10.0 Å². The molecule has 0 radical (unpaired) electrons. The molecule has 134 valence electrons. The monoisotopic (exact) mass is 390 g/mol. The molecule has 0 aromatic heterocycles. The third kappa shape index (κ3) is 3.21. The van der Waals surface area contributed by atoms with Crippen LogP contribution >= 0.6 is 24.0 Å². The highest BCUT2D eigenvalue weighted by molar-refractivity contribution is 7.88. The second-order valence-electron chi connectivity index (χ2n) is 7.18. The quantitative estimate of drug-likeness (QED) is 0.739. The molecule has 3 aliphatic rings. The van der Waals surface area contributed by atoms with E-state index in [-0.39, 0.29) is 18.4 Å². The Kier molecular flexibility index (Phi) is 5.20. The van der Waals surface area contributed by atoms with E-state index in [1.165, 1.54) is 17.4 Å². The molecule has 0 saturated carbocycles. The third-order valence-electron chi connectivity index (χ3n) is 5.80. The SMILES string of the molecule is CS(=O)(=O)N1CCC[C@@H]2CN3CCc4ccc(Cl)cc4[C@H]3C[C@@H]21.Cl. The van der Waals surface area contributed by atoms with Crippen LogP contribution in [0.3, 0.4) is 0 Å². The summed E-state index contributed by atoms with van der Waals surface area (Å²) in [6.07, 6.45) is 5.44. The van der Waals surface area contributed by atoms with Crippen LogP contribution in [0.15, 0.2) is 18.2 Å². The molecule has 3 aliphatic heterocycles. The highest BCUT2D eigenvalue weighted by Crippen LogP contribution is 2.43. The van der Waals surface area contributed by atoms with Gasteiger partial charge in [-0.15, -0.1) is 12.4 Å². The lowest BCUT2D eigenvalue weighted by molar-refractivity contribution is 0.0222. The predicted molar refractivity (Wildman–Crippen MR) is 99.4 cm³/mol. The Morgan fingerprint density at radius 1 is 1.25 bits per heavy atom. The summed E-state index contributed by atoms with van der Waals surface area (Å²) in [4.78, 5) is 2.55. The Hall–Kier alpha value is -0.330. The van der Waals surface area contributed by atoms with E-state index in [1.54, 1.807) is 4.31 Å². The number of sulfonamides is 1. The van der Waals surface area contributed by atoms with Gasteiger partial charge in [-0.1, -0.05) is 17.7 Å². The number of hydrogen-bond acceptors (Lipinski definition) is 3. The van der Waals surface area contributed by atoms with Crippen LogP contribution in [0.1, 0.15) is 36.4 Å². The highest BCUT2D eigenvalue weighted by atomic mass is 35.5. The summed E-state index contributed by atoms with van der Waals surface area (Å²) in [5.74, 6) is 0.468. The average Bonchev–Trinajstić information content (AvgIpc) is 2.51. The molecule has 3 atom stereocenters. The molecule has 0 aliphatic carbocycles. The maximum Gasteiger partial charge on any atom is 0.211 e. The van der Waals surface area contributed by atoms with Gasteiger partial charge < -0.3 is 0 Å². The Morgan fingerprint density at radius 2 is 2.04 bits per heavy atom. The first-order valence-corrected chi connectivity index (χ1v) is 10.7. The van der Waals surface area contributed by atoms with E-state index in [0.29, 0.717) is 18.5 Å². The van der Waals surface area contributed by atoms with E-state index >= 15 is 0 Å². The van der Waals surface area contributed by atoms with Crippen molar-refractivity contribution in [1.82, 2.24) is 9.21 Å². The normalized spacial score (nSPS) is 30.7. The zero-order valence-electron chi connectivity index (χ0n) is 13.8. The van der Waals surface area contributed by atoms with Gasteiger partial charge in [-0.25, -0.2) is 8.42 Å². The van der Waals surface area contributed by atoms with Gasteiger partial charge in [0.15, 0.2) is 0 Å². The van der Waals surface area contributed by atoms with E-state index in [0.717, 1.165) is 43.8 Å². The van der Waals surface area contributed by atoms with Crippen LogP contribution in [0.5, 0.6) is 0 Å². The molecule has 0 unspecified atom stereocenters. The highest BCUT2D eigenvalue weighted by Gasteiger charge is 2.44. The van der Waals surface area contributed by atoms with Crippen molar-refractivity contribution in [2.24, 2.45) is 5.92 Å². The predicted octanol–water partition coefficient (Wildman–Crippen LogP) is 3.10. The lowest BCUT2D eigenvalue weighted by Gasteiger charge is -2.51. The zero-order valence-corrected chi connectivity index (χ0v) is 16.2. The maximum absolute atomic E-state index is 12.2. The van der Waals surface area contributed by atoms with Gasteiger partial charge in [0.1, 0.15) is 0 Å².